The van der Waals surface area contributed by atoms with Crippen LogP contribution in [0.3, 0.4) is 0 Å². The minimum Gasteiger partial charge on any atom is -0.214 e. The maximum Gasteiger partial charge on any atom is 0.227 e. The van der Waals surface area contributed by atoms with Crippen LogP contribution in [-0.2, 0) is 10.0 Å². The molecule has 0 saturated heterocycles. The van der Waals surface area contributed by atoms with Gasteiger partial charge in [-0.3, -0.25) is 0 Å². The molecule has 0 heterocycles. The van der Waals surface area contributed by atoms with Crippen molar-refractivity contribution < 1.29 is 8.42 Å². The quantitative estimate of drug-likeness (QED) is 0.799. The SMILES string of the molecule is CCC(C#N)S(=O)(=O)NCC1CCCC1C. The third-order valence-corrected chi connectivity index (χ3v) is 5.23. The van der Waals surface area contributed by atoms with E-state index in [-0.39, 0.29) is 0 Å². The summed E-state index contributed by atoms with van der Waals surface area (Å²) in [6.07, 6.45) is 3.80. The van der Waals surface area contributed by atoms with Crippen molar-refractivity contribution in [2.45, 2.75) is 44.8 Å². The Kier molecular flexibility index (Phi) is 4.75. The lowest BCUT2D eigenvalue weighted by Gasteiger charge is -2.17. The summed E-state index contributed by atoms with van der Waals surface area (Å²) in [4.78, 5) is 0. The van der Waals surface area contributed by atoms with Crippen LogP contribution in [0.4, 0.5) is 0 Å². The molecule has 0 bridgehead atoms. The summed E-state index contributed by atoms with van der Waals surface area (Å²) in [5.41, 5.74) is 0. The van der Waals surface area contributed by atoms with Crippen molar-refractivity contribution in [3.8, 4) is 6.07 Å². The monoisotopic (exact) mass is 244 g/mol. The maximum atomic E-state index is 11.7. The highest BCUT2D eigenvalue weighted by atomic mass is 32.2. The van der Waals surface area contributed by atoms with E-state index in [9.17, 15) is 8.42 Å². The van der Waals surface area contributed by atoms with E-state index in [2.05, 4.69) is 11.6 Å². The molecule has 0 aromatic rings. The molecule has 1 rings (SSSR count). The average molecular weight is 244 g/mol. The summed E-state index contributed by atoms with van der Waals surface area (Å²) in [5.74, 6) is 1.02. The second kappa shape index (κ2) is 5.65. The lowest BCUT2D eigenvalue weighted by molar-refractivity contribution is 0.414. The minimum absolute atomic E-state index is 0.339. The largest absolute Gasteiger partial charge is 0.227 e. The predicted molar refractivity (Wildman–Crippen MR) is 63.1 cm³/mol. The van der Waals surface area contributed by atoms with E-state index >= 15 is 0 Å². The Morgan fingerprint density at radius 2 is 2.19 bits per heavy atom. The molecule has 0 amide bonds. The van der Waals surface area contributed by atoms with Crippen LogP contribution in [0.15, 0.2) is 0 Å². The molecule has 1 fully saturated rings. The molecular formula is C11H20N2O2S. The highest BCUT2D eigenvalue weighted by Crippen LogP contribution is 2.30. The fraction of sp³-hybridized carbons (Fsp3) is 0.909. The lowest BCUT2D eigenvalue weighted by Crippen LogP contribution is -2.36. The lowest BCUT2D eigenvalue weighted by atomic mass is 9.99. The van der Waals surface area contributed by atoms with Gasteiger partial charge in [0.2, 0.25) is 10.0 Å². The van der Waals surface area contributed by atoms with E-state index in [1.807, 2.05) is 6.07 Å². The molecule has 4 nitrogen and oxygen atoms in total. The van der Waals surface area contributed by atoms with Gasteiger partial charge in [-0.05, 0) is 24.7 Å². The Bertz CT molecular complexity index is 359. The van der Waals surface area contributed by atoms with Crippen molar-refractivity contribution in [3.63, 3.8) is 0 Å². The van der Waals surface area contributed by atoms with Crippen LogP contribution in [0.5, 0.6) is 0 Å². The van der Waals surface area contributed by atoms with E-state index in [4.69, 9.17) is 5.26 Å². The zero-order valence-corrected chi connectivity index (χ0v) is 10.8. The number of nitrogens with one attached hydrogen (secondary N) is 1. The zero-order valence-electron chi connectivity index (χ0n) is 9.94. The molecule has 0 radical (unpaired) electrons. The van der Waals surface area contributed by atoms with Gasteiger partial charge >= 0.3 is 0 Å². The van der Waals surface area contributed by atoms with Gasteiger partial charge in [0.25, 0.3) is 0 Å². The van der Waals surface area contributed by atoms with E-state index in [1.165, 1.54) is 12.8 Å². The van der Waals surface area contributed by atoms with Crippen molar-refractivity contribution in [2.75, 3.05) is 6.54 Å². The van der Waals surface area contributed by atoms with Crippen molar-refractivity contribution in [2.24, 2.45) is 11.8 Å². The summed E-state index contributed by atoms with van der Waals surface area (Å²) in [5, 5.41) is 7.82. The Morgan fingerprint density at radius 1 is 1.50 bits per heavy atom. The van der Waals surface area contributed by atoms with Gasteiger partial charge in [-0.1, -0.05) is 26.7 Å². The average Bonchev–Trinajstić information content (AvgIpc) is 2.62. The molecule has 3 unspecified atom stereocenters. The van der Waals surface area contributed by atoms with Crippen LogP contribution in [0.25, 0.3) is 0 Å². The zero-order chi connectivity index (χ0) is 12.2. The van der Waals surface area contributed by atoms with Crippen molar-refractivity contribution in [3.05, 3.63) is 0 Å². The van der Waals surface area contributed by atoms with Crippen LogP contribution >= 0.6 is 0 Å². The molecule has 1 N–H and O–H groups in total. The predicted octanol–water partition coefficient (Wildman–Crippen LogP) is 1.64. The summed E-state index contributed by atoms with van der Waals surface area (Å²) >= 11 is 0. The van der Waals surface area contributed by atoms with E-state index < -0.39 is 15.3 Å². The third-order valence-electron chi connectivity index (χ3n) is 3.48. The molecular weight excluding hydrogens is 224 g/mol. The number of hydrogen-bond donors (Lipinski definition) is 1. The fourth-order valence-electron chi connectivity index (χ4n) is 2.23. The second-order valence-corrected chi connectivity index (χ2v) is 6.54. The summed E-state index contributed by atoms with van der Waals surface area (Å²) in [7, 11) is -3.44. The molecule has 0 spiro atoms. The highest BCUT2D eigenvalue weighted by Gasteiger charge is 2.28. The van der Waals surface area contributed by atoms with Crippen molar-refractivity contribution >= 4 is 10.0 Å². The normalized spacial score (nSPS) is 27.6. The summed E-state index contributed by atoms with van der Waals surface area (Å²) < 4.78 is 26.0. The minimum atomic E-state index is -3.44. The fourth-order valence-corrected chi connectivity index (χ4v) is 3.45. The number of rotatable bonds is 5. The Labute approximate surface area is 98.1 Å². The molecule has 5 heteroatoms. The molecule has 3 atom stereocenters. The van der Waals surface area contributed by atoms with Gasteiger partial charge in [0, 0.05) is 6.54 Å². The van der Waals surface area contributed by atoms with Crippen LogP contribution in [-0.4, -0.2) is 20.2 Å². The molecule has 1 aliphatic rings. The first-order valence-electron chi connectivity index (χ1n) is 5.89. The standard InChI is InChI=1S/C11H20N2O2S/c1-3-11(7-12)16(14,15)13-8-10-6-4-5-9(10)2/h9-11,13H,3-6,8H2,1-2H3. The molecule has 92 valence electrons. The van der Waals surface area contributed by atoms with Crippen molar-refractivity contribution in [1.82, 2.24) is 4.72 Å². The first-order valence-corrected chi connectivity index (χ1v) is 7.44. The molecule has 0 aliphatic heterocycles. The van der Waals surface area contributed by atoms with Gasteiger partial charge < -0.3 is 0 Å². The van der Waals surface area contributed by atoms with E-state index in [1.54, 1.807) is 6.92 Å². The molecule has 1 saturated carbocycles. The van der Waals surface area contributed by atoms with Crippen LogP contribution < -0.4 is 4.72 Å². The molecule has 1 aliphatic carbocycles. The first kappa shape index (κ1) is 13.5. The number of nitrogens with zero attached hydrogens (tertiary/aromatic N) is 1. The Balaban J connectivity index is 2.51. The first-order chi connectivity index (χ1) is 7.51. The Morgan fingerprint density at radius 3 is 2.62 bits per heavy atom. The van der Waals surface area contributed by atoms with Gasteiger partial charge in [-0.25, -0.2) is 13.1 Å². The molecule has 0 aromatic heterocycles. The Hall–Kier alpha value is -0.600. The van der Waals surface area contributed by atoms with Crippen LogP contribution in [0.2, 0.25) is 0 Å². The highest BCUT2D eigenvalue weighted by molar-refractivity contribution is 7.90. The van der Waals surface area contributed by atoms with E-state index in [0.29, 0.717) is 24.8 Å². The van der Waals surface area contributed by atoms with E-state index in [0.717, 1.165) is 6.42 Å². The molecule has 0 aromatic carbocycles. The number of hydrogen-bond acceptors (Lipinski definition) is 3. The van der Waals surface area contributed by atoms with Gasteiger partial charge in [0.1, 0.15) is 0 Å². The smallest absolute Gasteiger partial charge is 0.214 e. The molecule has 16 heavy (non-hydrogen) atoms. The van der Waals surface area contributed by atoms with Gasteiger partial charge in [0.15, 0.2) is 5.25 Å². The number of nitriles is 1. The summed E-state index contributed by atoms with van der Waals surface area (Å²) in [6, 6.07) is 1.83. The van der Waals surface area contributed by atoms with Gasteiger partial charge in [-0.15, -0.1) is 0 Å². The van der Waals surface area contributed by atoms with Gasteiger partial charge in [-0.2, -0.15) is 5.26 Å². The van der Waals surface area contributed by atoms with Crippen LogP contribution in [0, 0.1) is 23.2 Å². The van der Waals surface area contributed by atoms with Crippen LogP contribution in [0.1, 0.15) is 39.5 Å². The summed E-state index contributed by atoms with van der Waals surface area (Å²) in [6.45, 7) is 4.36. The van der Waals surface area contributed by atoms with Crippen molar-refractivity contribution in [1.29, 1.82) is 5.26 Å². The topological polar surface area (TPSA) is 70.0 Å². The second-order valence-electron chi connectivity index (χ2n) is 4.59. The maximum absolute atomic E-state index is 11.7. The van der Waals surface area contributed by atoms with Gasteiger partial charge in [0.05, 0.1) is 6.07 Å². The number of sulfonamides is 1. The third kappa shape index (κ3) is 3.19.